The number of nitrogen functional groups attached to an aromatic ring is 1. The van der Waals surface area contributed by atoms with Crippen molar-refractivity contribution in [1.82, 2.24) is 24.4 Å². The number of nitrogens with two attached hydrogens (primary N) is 1. The van der Waals surface area contributed by atoms with Crippen molar-refractivity contribution in [3.63, 3.8) is 0 Å². The third-order valence-electron chi connectivity index (χ3n) is 6.88. The Bertz CT molecular complexity index is 1240. The second-order valence-electron chi connectivity index (χ2n) is 10.1. The van der Waals surface area contributed by atoms with Gasteiger partial charge in [0.1, 0.15) is 0 Å². The summed E-state index contributed by atoms with van der Waals surface area (Å²) in [5, 5.41) is 17.8. The normalized spacial score (nSPS) is 21.7. The average molecular weight is 521 g/mol. The quantitative estimate of drug-likeness (QED) is 0.490. The Balaban J connectivity index is 0.00000304. The zero-order chi connectivity index (χ0) is 24.9. The largest absolute Gasteiger partial charge is 0.492 e. The van der Waals surface area contributed by atoms with Crippen LogP contribution in [0.15, 0.2) is 10.9 Å². The molecule has 3 fully saturated rings. The molecule has 2 amide bonds. The van der Waals surface area contributed by atoms with Gasteiger partial charge in [-0.25, -0.2) is 0 Å². The van der Waals surface area contributed by atoms with Gasteiger partial charge in [-0.05, 0) is 44.1 Å². The highest BCUT2D eigenvalue weighted by molar-refractivity contribution is 5.97. The Kier molecular flexibility index (Phi) is 7.33. The van der Waals surface area contributed by atoms with Crippen molar-refractivity contribution in [2.24, 2.45) is 5.92 Å². The average Bonchev–Trinajstić information content (AvgIpc) is 3.55. The Morgan fingerprint density at radius 3 is 2.50 bits per heavy atom. The van der Waals surface area contributed by atoms with Crippen molar-refractivity contribution in [3.8, 4) is 5.88 Å². The van der Waals surface area contributed by atoms with E-state index in [1.54, 1.807) is 6.08 Å². The second kappa shape index (κ2) is 10.1. The van der Waals surface area contributed by atoms with Crippen molar-refractivity contribution in [3.05, 3.63) is 27.6 Å². The van der Waals surface area contributed by atoms with Crippen molar-refractivity contribution in [2.45, 2.75) is 70.6 Å². The smallest absolute Gasteiger partial charge is 0.270 e. The number of aromatic nitrogens is 3. The van der Waals surface area contributed by atoms with E-state index in [0.717, 1.165) is 36.6 Å². The summed E-state index contributed by atoms with van der Waals surface area (Å²) in [6.45, 7) is 5.22. The summed E-state index contributed by atoms with van der Waals surface area (Å²) in [6.07, 6.45) is 7.56. The third kappa shape index (κ3) is 4.69. The highest BCUT2D eigenvalue weighted by Crippen LogP contribution is 2.29. The predicted molar refractivity (Wildman–Crippen MR) is 136 cm³/mol. The fourth-order valence-electron chi connectivity index (χ4n) is 5.09. The summed E-state index contributed by atoms with van der Waals surface area (Å²) in [5.74, 6) is -1.24. The number of ether oxygens (including phenoxy) is 1. The molecule has 2 bridgehead atoms. The second-order valence-corrected chi connectivity index (χ2v) is 10.1. The number of morpholine rings is 1. The van der Waals surface area contributed by atoms with E-state index in [9.17, 15) is 19.5 Å². The lowest BCUT2D eigenvalue weighted by molar-refractivity contribution is -0.145. The topological polar surface area (TPSA) is 144 Å². The van der Waals surface area contributed by atoms with Gasteiger partial charge in [-0.3, -0.25) is 19.0 Å². The van der Waals surface area contributed by atoms with E-state index in [0.29, 0.717) is 18.8 Å². The van der Waals surface area contributed by atoms with Gasteiger partial charge in [0.05, 0.1) is 30.9 Å². The number of hydrogen-bond donors (Lipinski definition) is 3. The van der Waals surface area contributed by atoms with Crippen LogP contribution in [-0.4, -0.2) is 67.3 Å². The van der Waals surface area contributed by atoms with Crippen molar-refractivity contribution >= 4 is 41.8 Å². The first-order valence-corrected chi connectivity index (χ1v) is 12.3. The molecule has 0 spiro atoms. The molecule has 2 aromatic rings. The zero-order valence-electron chi connectivity index (χ0n) is 20.5. The molecule has 2 unspecified atom stereocenters. The highest BCUT2D eigenvalue weighted by Gasteiger charge is 2.37. The number of anilines is 1. The van der Waals surface area contributed by atoms with Crippen LogP contribution in [-0.2, 0) is 16.1 Å². The Hall–Kier alpha value is -3.05. The van der Waals surface area contributed by atoms with Crippen LogP contribution in [0, 0.1) is 5.92 Å². The molecule has 11 nitrogen and oxygen atoms in total. The zero-order valence-corrected chi connectivity index (χ0v) is 21.3. The van der Waals surface area contributed by atoms with Crippen molar-refractivity contribution in [2.75, 3.05) is 18.9 Å². The summed E-state index contributed by atoms with van der Waals surface area (Å²) in [5.41, 5.74) is 5.80. The van der Waals surface area contributed by atoms with Gasteiger partial charge in [0.2, 0.25) is 11.8 Å². The number of carbonyl (C=O) groups is 2. The maximum atomic E-state index is 13.4. The van der Waals surface area contributed by atoms with E-state index in [2.05, 4.69) is 10.4 Å². The Morgan fingerprint density at radius 2 is 1.89 bits per heavy atom. The van der Waals surface area contributed by atoms with Crippen LogP contribution in [0.4, 0.5) is 5.82 Å². The maximum Gasteiger partial charge on any atom is 0.270 e. The first-order chi connectivity index (χ1) is 16.8. The number of carbonyl (C=O) groups excluding carboxylic acids is 2. The molecule has 0 aromatic carbocycles. The minimum absolute atomic E-state index is 0. The summed E-state index contributed by atoms with van der Waals surface area (Å²) in [6, 6.07) is 0.121. The maximum absolute atomic E-state index is 13.4. The summed E-state index contributed by atoms with van der Waals surface area (Å²) < 4.78 is 8.16. The lowest BCUT2D eigenvalue weighted by Crippen LogP contribution is -2.56. The number of rotatable bonds is 6. The highest BCUT2D eigenvalue weighted by atomic mass is 35.5. The van der Waals surface area contributed by atoms with Gasteiger partial charge in [-0.2, -0.15) is 4.52 Å². The van der Waals surface area contributed by atoms with Crippen LogP contribution in [0.1, 0.15) is 61.9 Å². The summed E-state index contributed by atoms with van der Waals surface area (Å²) >= 11 is 0. The molecule has 5 rings (SSSR count). The molecular weight excluding hydrogens is 488 g/mol. The van der Waals surface area contributed by atoms with E-state index in [1.165, 1.54) is 10.6 Å². The number of amides is 2. The first-order valence-electron chi connectivity index (χ1n) is 12.3. The molecule has 1 aliphatic carbocycles. The number of halogens is 1. The molecular formula is C24H33ClN6O5. The number of nitrogens with one attached hydrogen (secondary N) is 1. The first kappa shape index (κ1) is 26.0. The van der Waals surface area contributed by atoms with Crippen LogP contribution < -0.4 is 16.6 Å². The fourth-order valence-corrected chi connectivity index (χ4v) is 5.09. The third-order valence-corrected chi connectivity index (χ3v) is 6.88. The monoisotopic (exact) mass is 520 g/mol. The number of fused-ring (bicyclic) bond motifs is 3. The van der Waals surface area contributed by atoms with E-state index in [-0.39, 0.29) is 65.9 Å². The molecule has 36 heavy (non-hydrogen) atoms. The molecule has 12 heteroatoms. The number of aromatic hydroxyl groups is 1. The van der Waals surface area contributed by atoms with Gasteiger partial charge in [0.25, 0.3) is 11.5 Å². The molecule has 4 N–H and O–H groups in total. The lowest BCUT2D eigenvalue weighted by Gasteiger charge is -2.45. The van der Waals surface area contributed by atoms with Crippen molar-refractivity contribution in [1.29, 1.82) is 0 Å². The molecule has 2 atom stereocenters. The van der Waals surface area contributed by atoms with Gasteiger partial charge in [-0.15, -0.1) is 17.5 Å². The summed E-state index contributed by atoms with van der Waals surface area (Å²) in [7, 11) is 0. The molecule has 0 radical (unpaired) electrons. The SMILES string of the molecule is CC(C)Cn1c(=O)c(C(=O)NC2CC2)c(O)n2nc(N)c(C=CC(=O)N3C4CCCC3COC4)c12.Cl. The minimum atomic E-state index is -0.630. The van der Waals surface area contributed by atoms with Gasteiger partial charge in [0, 0.05) is 18.7 Å². The van der Waals surface area contributed by atoms with Gasteiger partial charge < -0.3 is 25.8 Å². The molecule has 2 saturated heterocycles. The van der Waals surface area contributed by atoms with E-state index in [1.807, 2.05) is 18.7 Å². The van der Waals surface area contributed by atoms with Gasteiger partial charge in [0.15, 0.2) is 17.0 Å². The van der Waals surface area contributed by atoms with Crippen LogP contribution in [0.5, 0.6) is 5.88 Å². The van der Waals surface area contributed by atoms with E-state index in [4.69, 9.17) is 10.5 Å². The summed E-state index contributed by atoms with van der Waals surface area (Å²) in [4.78, 5) is 41.2. The van der Waals surface area contributed by atoms with Crippen molar-refractivity contribution < 1.29 is 19.4 Å². The minimum Gasteiger partial charge on any atom is -0.492 e. The fraction of sp³-hybridized carbons (Fsp3) is 0.583. The van der Waals surface area contributed by atoms with E-state index < -0.39 is 17.3 Å². The molecule has 4 heterocycles. The number of hydrogen-bond acceptors (Lipinski definition) is 7. The van der Waals surface area contributed by atoms with Gasteiger partial charge in [-0.1, -0.05) is 13.8 Å². The van der Waals surface area contributed by atoms with Gasteiger partial charge >= 0.3 is 0 Å². The van der Waals surface area contributed by atoms with E-state index >= 15 is 0 Å². The van der Waals surface area contributed by atoms with Crippen LogP contribution >= 0.6 is 12.4 Å². The predicted octanol–water partition coefficient (Wildman–Crippen LogP) is 1.55. The van der Waals surface area contributed by atoms with Crippen LogP contribution in [0.3, 0.4) is 0 Å². The Morgan fingerprint density at radius 1 is 1.22 bits per heavy atom. The van der Waals surface area contributed by atoms with Crippen LogP contribution in [0.25, 0.3) is 11.7 Å². The number of nitrogens with zero attached hydrogens (tertiary/aromatic N) is 4. The lowest BCUT2D eigenvalue weighted by atomic mass is 9.94. The number of piperidine rings is 1. The molecule has 2 aromatic heterocycles. The Labute approximate surface area is 214 Å². The standard InChI is InChI=1S/C24H32N6O5.ClH/c1-13(2)10-28-22-17(8-9-18(31)29-15-4-3-5-16(29)12-35-11-15)20(25)27-30(22)24(34)19(23(28)33)21(32)26-14-6-7-14;/h8-9,13-16,34H,3-7,10-12H2,1-2H3,(H2,25,27)(H,26,32);1H. The molecule has 2 aliphatic heterocycles. The molecule has 196 valence electrons. The molecule has 3 aliphatic rings. The molecule has 1 saturated carbocycles. The van der Waals surface area contributed by atoms with Crippen LogP contribution in [0.2, 0.25) is 0 Å².